The Morgan fingerprint density at radius 1 is 1.22 bits per heavy atom. The number of carbonyl (C=O) groups excluding carboxylic acids is 1. The van der Waals surface area contributed by atoms with Crippen molar-refractivity contribution in [2.24, 2.45) is 5.92 Å². The fraction of sp³-hybridized carbons (Fsp3) is 0.524. The molecule has 3 heterocycles. The van der Waals surface area contributed by atoms with E-state index in [1.807, 2.05) is 24.3 Å². The normalized spacial score (nSPS) is 22.9. The largest absolute Gasteiger partial charge is 0.497 e. The summed E-state index contributed by atoms with van der Waals surface area (Å²) in [4.78, 5) is 15.4. The van der Waals surface area contributed by atoms with Crippen molar-refractivity contribution in [2.45, 2.75) is 38.1 Å². The topological polar surface area (TPSA) is 70.2 Å². The van der Waals surface area contributed by atoms with Crippen molar-refractivity contribution < 1.29 is 9.53 Å². The van der Waals surface area contributed by atoms with Gasteiger partial charge in [-0.3, -0.25) is 9.89 Å². The number of amides is 1. The van der Waals surface area contributed by atoms with Crippen LogP contribution in [-0.4, -0.2) is 53.8 Å². The second-order valence-corrected chi connectivity index (χ2v) is 7.60. The molecule has 0 bridgehead atoms. The summed E-state index contributed by atoms with van der Waals surface area (Å²) in [6, 6.07) is 8.28. The fourth-order valence-electron chi connectivity index (χ4n) is 4.57. The molecule has 2 aromatic rings. The molecule has 6 nitrogen and oxygen atoms in total. The van der Waals surface area contributed by atoms with Gasteiger partial charge in [-0.1, -0.05) is 6.42 Å². The number of nitrogens with one attached hydrogen (secondary N) is 2. The molecule has 2 saturated heterocycles. The van der Waals surface area contributed by atoms with Crippen molar-refractivity contribution in [3.8, 4) is 17.0 Å². The van der Waals surface area contributed by atoms with Crippen LogP contribution < -0.4 is 10.1 Å². The molecule has 0 unspecified atom stereocenters. The number of methoxy groups -OCH3 is 1. The second kappa shape index (κ2) is 8.13. The van der Waals surface area contributed by atoms with E-state index in [0.717, 1.165) is 23.6 Å². The molecule has 2 fully saturated rings. The number of nitrogens with zero attached hydrogens (tertiary/aromatic N) is 2. The number of rotatable bonds is 5. The molecule has 144 valence electrons. The van der Waals surface area contributed by atoms with Gasteiger partial charge in [0.05, 0.1) is 24.6 Å². The molecule has 2 aliphatic heterocycles. The zero-order valence-electron chi connectivity index (χ0n) is 15.9. The number of benzene rings is 1. The van der Waals surface area contributed by atoms with Crippen LogP contribution in [0.4, 0.5) is 0 Å². The number of H-pyrrole nitrogens is 1. The number of piperidine rings is 2. The van der Waals surface area contributed by atoms with Gasteiger partial charge < -0.3 is 15.0 Å². The van der Waals surface area contributed by atoms with Crippen molar-refractivity contribution in [2.75, 3.05) is 26.7 Å². The molecule has 2 aliphatic rings. The summed E-state index contributed by atoms with van der Waals surface area (Å²) in [5.41, 5.74) is 2.27. The molecule has 27 heavy (non-hydrogen) atoms. The molecule has 2 atom stereocenters. The molecular formula is C21H28N4O2. The van der Waals surface area contributed by atoms with Crippen LogP contribution in [0.1, 0.15) is 42.5 Å². The third kappa shape index (κ3) is 3.86. The molecule has 0 spiro atoms. The van der Waals surface area contributed by atoms with Gasteiger partial charge in [0.2, 0.25) is 0 Å². The van der Waals surface area contributed by atoms with Gasteiger partial charge in [-0.25, -0.2) is 0 Å². The maximum absolute atomic E-state index is 12.8. The van der Waals surface area contributed by atoms with E-state index in [4.69, 9.17) is 4.74 Å². The smallest absolute Gasteiger partial charge is 0.255 e. The van der Waals surface area contributed by atoms with Crippen LogP contribution >= 0.6 is 0 Å². The van der Waals surface area contributed by atoms with Crippen molar-refractivity contribution in [1.29, 1.82) is 0 Å². The number of hydrogen-bond acceptors (Lipinski definition) is 4. The summed E-state index contributed by atoms with van der Waals surface area (Å²) >= 11 is 0. The third-order valence-electron chi connectivity index (χ3n) is 6.02. The Morgan fingerprint density at radius 3 is 2.85 bits per heavy atom. The molecule has 0 radical (unpaired) electrons. The Labute approximate surface area is 160 Å². The minimum absolute atomic E-state index is 0.0532. The lowest BCUT2D eigenvalue weighted by molar-refractivity contribution is 0.0576. The Kier molecular flexibility index (Phi) is 5.43. The van der Waals surface area contributed by atoms with Crippen molar-refractivity contribution in [3.63, 3.8) is 0 Å². The molecule has 1 aromatic heterocycles. The lowest BCUT2D eigenvalue weighted by atomic mass is 9.83. The first-order valence-corrected chi connectivity index (χ1v) is 9.96. The van der Waals surface area contributed by atoms with Gasteiger partial charge in [-0.05, 0) is 69.0 Å². The van der Waals surface area contributed by atoms with Crippen LogP contribution in [-0.2, 0) is 0 Å². The molecule has 1 amide bonds. The van der Waals surface area contributed by atoms with Gasteiger partial charge in [0, 0.05) is 18.2 Å². The average Bonchev–Trinajstić information content (AvgIpc) is 3.22. The Morgan fingerprint density at radius 2 is 2.04 bits per heavy atom. The maximum atomic E-state index is 12.8. The van der Waals surface area contributed by atoms with Gasteiger partial charge in [0.15, 0.2) is 0 Å². The van der Waals surface area contributed by atoms with Gasteiger partial charge in [-0.2, -0.15) is 5.10 Å². The molecule has 2 N–H and O–H groups in total. The number of aromatic amines is 1. The highest BCUT2D eigenvalue weighted by molar-refractivity contribution is 5.99. The van der Waals surface area contributed by atoms with Crippen LogP contribution in [0.2, 0.25) is 0 Å². The van der Waals surface area contributed by atoms with Gasteiger partial charge in [-0.15, -0.1) is 0 Å². The van der Waals surface area contributed by atoms with E-state index in [9.17, 15) is 4.79 Å². The molecule has 0 aliphatic carbocycles. The highest BCUT2D eigenvalue weighted by Gasteiger charge is 2.33. The number of hydrogen-bond donors (Lipinski definition) is 2. The van der Waals surface area contributed by atoms with E-state index in [2.05, 4.69) is 20.4 Å². The van der Waals surface area contributed by atoms with E-state index in [-0.39, 0.29) is 5.91 Å². The van der Waals surface area contributed by atoms with Crippen LogP contribution in [0, 0.1) is 5.92 Å². The number of carbonyl (C=O) groups is 1. The zero-order chi connectivity index (χ0) is 18.6. The van der Waals surface area contributed by atoms with Gasteiger partial charge in [0.25, 0.3) is 5.91 Å². The fourth-order valence-corrected chi connectivity index (χ4v) is 4.57. The third-order valence-corrected chi connectivity index (χ3v) is 6.02. The zero-order valence-corrected chi connectivity index (χ0v) is 15.9. The number of ether oxygens (including phenoxy) is 1. The summed E-state index contributed by atoms with van der Waals surface area (Å²) in [5, 5.41) is 10.2. The monoisotopic (exact) mass is 368 g/mol. The van der Waals surface area contributed by atoms with Crippen LogP contribution in [0.25, 0.3) is 11.3 Å². The first-order chi connectivity index (χ1) is 13.3. The molecule has 6 heteroatoms. The minimum Gasteiger partial charge on any atom is -0.497 e. The van der Waals surface area contributed by atoms with E-state index in [1.54, 1.807) is 13.3 Å². The van der Waals surface area contributed by atoms with Crippen molar-refractivity contribution >= 4 is 5.91 Å². The van der Waals surface area contributed by atoms with E-state index in [1.165, 1.54) is 45.2 Å². The summed E-state index contributed by atoms with van der Waals surface area (Å²) in [7, 11) is 1.64. The predicted molar refractivity (Wildman–Crippen MR) is 105 cm³/mol. The van der Waals surface area contributed by atoms with Crippen molar-refractivity contribution in [3.05, 3.63) is 36.0 Å². The summed E-state index contributed by atoms with van der Waals surface area (Å²) in [6.45, 7) is 3.18. The van der Waals surface area contributed by atoms with Crippen LogP contribution in [0.3, 0.4) is 0 Å². The van der Waals surface area contributed by atoms with Crippen LogP contribution in [0.5, 0.6) is 5.75 Å². The Balaban J connectivity index is 1.42. The van der Waals surface area contributed by atoms with E-state index in [0.29, 0.717) is 17.5 Å². The summed E-state index contributed by atoms with van der Waals surface area (Å²) in [5.74, 6) is 1.29. The number of aromatic nitrogens is 2. The van der Waals surface area contributed by atoms with Gasteiger partial charge in [0.1, 0.15) is 5.75 Å². The van der Waals surface area contributed by atoms with Crippen molar-refractivity contribution in [1.82, 2.24) is 20.4 Å². The summed E-state index contributed by atoms with van der Waals surface area (Å²) < 4.78 is 5.20. The Hall–Kier alpha value is -2.34. The molecule has 0 saturated carbocycles. The lowest BCUT2D eigenvalue weighted by Crippen LogP contribution is -2.51. The van der Waals surface area contributed by atoms with E-state index < -0.39 is 0 Å². The molecule has 1 aromatic carbocycles. The first kappa shape index (κ1) is 18.0. The highest BCUT2D eigenvalue weighted by Crippen LogP contribution is 2.30. The first-order valence-electron chi connectivity index (χ1n) is 9.96. The summed E-state index contributed by atoms with van der Waals surface area (Å²) in [6.07, 6.45) is 7.95. The standard InChI is InChI=1S/C21H28N4O2/c1-27-17-9-7-15(8-10-17)20-18(14-23-24-20)21(26)22-13-16-5-4-12-25-11-3-2-6-19(16)25/h7-10,14,16,19H,2-6,11-13H2,1H3,(H,22,26)(H,23,24)/t16-,19+/m0/s1. The average molecular weight is 368 g/mol. The van der Waals surface area contributed by atoms with Gasteiger partial charge >= 0.3 is 0 Å². The quantitative estimate of drug-likeness (QED) is 0.851. The predicted octanol–water partition coefficient (Wildman–Crippen LogP) is 3.08. The minimum atomic E-state index is -0.0532. The number of fused-ring (bicyclic) bond motifs is 1. The molecule has 4 rings (SSSR count). The lowest BCUT2D eigenvalue weighted by Gasteiger charge is -2.44. The van der Waals surface area contributed by atoms with Crippen LogP contribution in [0.15, 0.2) is 30.5 Å². The maximum Gasteiger partial charge on any atom is 0.255 e. The van der Waals surface area contributed by atoms with E-state index >= 15 is 0 Å². The highest BCUT2D eigenvalue weighted by atomic mass is 16.5. The SMILES string of the molecule is COc1ccc(-c2[nH]ncc2C(=O)NC[C@@H]2CCCN3CCCC[C@H]23)cc1. The Bertz CT molecular complexity index is 769. The second-order valence-electron chi connectivity index (χ2n) is 7.60. The molecular weight excluding hydrogens is 340 g/mol.